The van der Waals surface area contributed by atoms with Crippen LogP contribution in [0.15, 0.2) is 85.2 Å². The van der Waals surface area contributed by atoms with Gasteiger partial charge in [-0.25, -0.2) is 0 Å². The smallest absolute Gasteiger partial charge is 0.328 e. The molecule has 1 amide bonds. The molecule has 4 rings (SSSR count). The number of likely N-dealkylation sites (tertiary alicyclic amines) is 1. The van der Waals surface area contributed by atoms with Gasteiger partial charge in [0.2, 0.25) is 0 Å². The molecule has 36 heavy (non-hydrogen) atoms. The van der Waals surface area contributed by atoms with E-state index in [0.717, 1.165) is 38.8 Å². The highest BCUT2D eigenvalue weighted by Crippen LogP contribution is 2.33. The van der Waals surface area contributed by atoms with Gasteiger partial charge in [-0.2, -0.15) is 8.78 Å². The van der Waals surface area contributed by atoms with E-state index in [-0.39, 0.29) is 12.6 Å². The molecular formula is C30H35F2N3O. The van der Waals surface area contributed by atoms with Crippen molar-refractivity contribution in [2.75, 3.05) is 19.6 Å². The first-order valence-electron chi connectivity index (χ1n) is 12.9. The van der Waals surface area contributed by atoms with Crippen LogP contribution in [-0.4, -0.2) is 41.3 Å². The van der Waals surface area contributed by atoms with Crippen LogP contribution in [-0.2, 0) is 11.2 Å². The van der Waals surface area contributed by atoms with E-state index in [1.807, 2.05) is 0 Å². The number of carbonyl (C=O) groups excluding carboxylic acids is 1. The average Bonchev–Trinajstić information content (AvgIpc) is 2.91. The molecule has 3 aromatic rings. The first-order valence-corrected chi connectivity index (χ1v) is 12.9. The fourth-order valence-electron chi connectivity index (χ4n) is 5.11. The molecule has 1 saturated heterocycles. The van der Waals surface area contributed by atoms with E-state index in [2.05, 4.69) is 75.9 Å². The van der Waals surface area contributed by atoms with E-state index >= 15 is 0 Å². The molecule has 4 nitrogen and oxygen atoms in total. The lowest BCUT2D eigenvalue weighted by molar-refractivity contribution is -0.145. The van der Waals surface area contributed by atoms with E-state index in [1.54, 1.807) is 12.1 Å². The average molecular weight is 492 g/mol. The van der Waals surface area contributed by atoms with Crippen LogP contribution in [0.4, 0.5) is 8.78 Å². The Morgan fingerprint density at radius 2 is 1.58 bits per heavy atom. The van der Waals surface area contributed by atoms with Gasteiger partial charge in [-0.3, -0.25) is 14.7 Å². The van der Waals surface area contributed by atoms with Gasteiger partial charge in [-0.05, 0) is 61.0 Å². The van der Waals surface area contributed by atoms with E-state index in [9.17, 15) is 13.6 Å². The van der Waals surface area contributed by atoms with Gasteiger partial charge in [0, 0.05) is 25.4 Å². The SMILES string of the molecule is O=C(NCCCCC1CCN(C(c2ccccc2)c2ccccc2)CC1)C(F)(F)Cc1cccnc1. The fraction of sp³-hybridized carbons (Fsp3) is 0.400. The molecule has 190 valence electrons. The maximum atomic E-state index is 14.2. The first-order chi connectivity index (χ1) is 17.5. The summed E-state index contributed by atoms with van der Waals surface area (Å²) in [6.45, 7) is 2.36. The molecule has 0 aliphatic carbocycles. The van der Waals surface area contributed by atoms with Gasteiger partial charge in [0.05, 0.1) is 6.04 Å². The molecule has 1 aliphatic heterocycles. The summed E-state index contributed by atoms with van der Waals surface area (Å²) < 4.78 is 28.4. The highest BCUT2D eigenvalue weighted by Gasteiger charge is 2.38. The Kier molecular flexibility index (Phi) is 9.17. The number of carbonyl (C=O) groups is 1. The number of halogens is 2. The molecule has 0 saturated carbocycles. The molecule has 0 bridgehead atoms. The second kappa shape index (κ2) is 12.7. The summed E-state index contributed by atoms with van der Waals surface area (Å²) >= 11 is 0. The lowest BCUT2D eigenvalue weighted by atomic mass is 9.88. The van der Waals surface area contributed by atoms with Crippen molar-refractivity contribution in [3.8, 4) is 0 Å². The number of benzene rings is 2. The minimum Gasteiger partial charge on any atom is -0.351 e. The second-order valence-corrected chi connectivity index (χ2v) is 9.70. The molecule has 2 heterocycles. The molecule has 1 N–H and O–H groups in total. The van der Waals surface area contributed by atoms with Crippen LogP contribution >= 0.6 is 0 Å². The van der Waals surface area contributed by atoms with Gasteiger partial charge in [-0.15, -0.1) is 0 Å². The number of nitrogens with zero attached hydrogens (tertiary/aromatic N) is 2. The highest BCUT2D eigenvalue weighted by atomic mass is 19.3. The third-order valence-corrected chi connectivity index (χ3v) is 7.05. The number of rotatable bonds is 11. The van der Waals surface area contributed by atoms with Crippen LogP contribution in [0, 0.1) is 5.92 Å². The molecule has 6 heteroatoms. The van der Waals surface area contributed by atoms with Crippen LogP contribution in [0.5, 0.6) is 0 Å². The third kappa shape index (κ3) is 7.20. The minimum absolute atomic E-state index is 0.261. The number of unbranched alkanes of at least 4 members (excludes halogenated alkanes) is 1. The number of pyridine rings is 1. The Morgan fingerprint density at radius 1 is 0.944 bits per heavy atom. The number of aromatic nitrogens is 1. The van der Waals surface area contributed by atoms with Crippen molar-refractivity contribution in [1.29, 1.82) is 0 Å². The molecule has 1 aliphatic rings. The van der Waals surface area contributed by atoms with Gasteiger partial charge >= 0.3 is 5.92 Å². The van der Waals surface area contributed by atoms with Crippen molar-refractivity contribution in [2.45, 2.75) is 50.5 Å². The largest absolute Gasteiger partial charge is 0.351 e. The van der Waals surface area contributed by atoms with Crippen LogP contribution in [0.25, 0.3) is 0 Å². The van der Waals surface area contributed by atoms with Gasteiger partial charge in [0.15, 0.2) is 0 Å². The van der Waals surface area contributed by atoms with Crippen molar-refractivity contribution < 1.29 is 13.6 Å². The zero-order valence-electron chi connectivity index (χ0n) is 20.7. The lowest BCUT2D eigenvalue weighted by Gasteiger charge is -2.38. The molecule has 1 fully saturated rings. The maximum Gasteiger partial charge on any atom is 0.328 e. The molecular weight excluding hydrogens is 456 g/mol. The predicted molar refractivity (Wildman–Crippen MR) is 139 cm³/mol. The number of nitrogens with one attached hydrogen (secondary N) is 1. The number of hydrogen-bond donors (Lipinski definition) is 1. The summed E-state index contributed by atoms with van der Waals surface area (Å²) in [7, 11) is 0. The molecule has 0 unspecified atom stereocenters. The highest BCUT2D eigenvalue weighted by molar-refractivity contribution is 5.83. The summed E-state index contributed by atoms with van der Waals surface area (Å²) in [4.78, 5) is 18.4. The van der Waals surface area contributed by atoms with Crippen LogP contribution in [0.3, 0.4) is 0 Å². The van der Waals surface area contributed by atoms with E-state index < -0.39 is 18.3 Å². The van der Waals surface area contributed by atoms with Gasteiger partial charge < -0.3 is 5.32 Å². The Labute approximate surface area is 212 Å². The molecule has 0 radical (unpaired) electrons. The topological polar surface area (TPSA) is 45.2 Å². The van der Waals surface area contributed by atoms with Crippen LogP contribution in [0.2, 0.25) is 0 Å². The number of alkyl halides is 2. The molecule has 0 spiro atoms. The molecule has 2 aromatic carbocycles. The monoisotopic (exact) mass is 491 g/mol. The Morgan fingerprint density at radius 3 is 2.17 bits per heavy atom. The van der Waals surface area contributed by atoms with Gasteiger partial charge in [0.25, 0.3) is 5.91 Å². The molecule has 1 aromatic heterocycles. The van der Waals surface area contributed by atoms with E-state index in [4.69, 9.17) is 0 Å². The van der Waals surface area contributed by atoms with E-state index in [0.29, 0.717) is 17.9 Å². The summed E-state index contributed by atoms with van der Waals surface area (Å²) in [5.74, 6) is -3.99. The number of piperidine rings is 1. The van der Waals surface area contributed by atoms with Gasteiger partial charge in [0.1, 0.15) is 0 Å². The summed E-state index contributed by atoms with van der Waals surface area (Å²) in [5, 5.41) is 2.42. The Bertz CT molecular complexity index is 1020. The Balaban J connectivity index is 1.19. The van der Waals surface area contributed by atoms with Crippen molar-refractivity contribution in [1.82, 2.24) is 15.2 Å². The fourth-order valence-corrected chi connectivity index (χ4v) is 5.11. The third-order valence-electron chi connectivity index (χ3n) is 7.05. The normalized spacial score (nSPS) is 15.2. The summed E-state index contributed by atoms with van der Waals surface area (Å²) in [6, 6.07) is 24.8. The Hall–Kier alpha value is -3.12. The van der Waals surface area contributed by atoms with Crippen LogP contribution < -0.4 is 5.32 Å². The van der Waals surface area contributed by atoms with Crippen molar-refractivity contribution >= 4 is 5.91 Å². The maximum absolute atomic E-state index is 14.2. The summed E-state index contributed by atoms with van der Waals surface area (Å²) in [5.41, 5.74) is 2.99. The van der Waals surface area contributed by atoms with Crippen molar-refractivity contribution in [3.05, 3.63) is 102 Å². The zero-order chi connectivity index (χ0) is 25.2. The number of hydrogen-bond acceptors (Lipinski definition) is 3. The second-order valence-electron chi connectivity index (χ2n) is 9.70. The van der Waals surface area contributed by atoms with Crippen molar-refractivity contribution in [3.63, 3.8) is 0 Å². The first kappa shape index (κ1) is 26.0. The van der Waals surface area contributed by atoms with Crippen LogP contribution in [0.1, 0.15) is 54.8 Å². The minimum atomic E-state index is -3.43. The summed E-state index contributed by atoms with van der Waals surface area (Å²) in [6.07, 6.45) is 7.24. The quantitative estimate of drug-likeness (QED) is 0.332. The molecule has 0 atom stereocenters. The van der Waals surface area contributed by atoms with Gasteiger partial charge in [-0.1, -0.05) is 79.6 Å². The zero-order valence-corrected chi connectivity index (χ0v) is 20.7. The number of amides is 1. The van der Waals surface area contributed by atoms with E-state index in [1.165, 1.54) is 23.5 Å². The predicted octanol–water partition coefficient (Wildman–Crippen LogP) is 6.05. The van der Waals surface area contributed by atoms with Crippen molar-refractivity contribution in [2.24, 2.45) is 5.92 Å². The standard InChI is InChI=1S/C30H35F2N3O/c31-30(32,22-25-11-9-18-33-23-25)29(36)34-19-8-7-10-24-16-20-35(21-17-24)28(26-12-3-1-4-13-26)27-14-5-2-6-15-27/h1-6,9,11-15,18,23-24,28H,7-8,10,16-17,19-22H2,(H,34,36). The lowest BCUT2D eigenvalue weighted by Crippen LogP contribution is -2.42.